The van der Waals surface area contributed by atoms with Gasteiger partial charge in [-0.05, 0) is 51.1 Å². The molecule has 0 radical (unpaired) electrons. The number of likely N-dealkylation sites (N-methyl/N-ethyl adjacent to an activating group) is 1. The summed E-state index contributed by atoms with van der Waals surface area (Å²) in [5, 5.41) is 14.8. The first-order chi connectivity index (χ1) is 12.8. The highest BCUT2D eigenvalue weighted by molar-refractivity contribution is 5.97. The van der Waals surface area contributed by atoms with Crippen molar-refractivity contribution < 1.29 is 9.59 Å². The third-order valence-electron chi connectivity index (χ3n) is 4.48. The van der Waals surface area contributed by atoms with Crippen LogP contribution in [0.4, 0.5) is 11.4 Å². The number of rotatable bonds is 6. The number of carbonyl (C=O) groups excluding carboxylic acids is 2. The lowest BCUT2D eigenvalue weighted by Gasteiger charge is -2.24. The van der Waals surface area contributed by atoms with Gasteiger partial charge in [0.15, 0.2) is 0 Å². The van der Waals surface area contributed by atoms with Crippen molar-refractivity contribution in [2.45, 2.75) is 26.8 Å². The van der Waals surface area contributed by atoms with Crippen molar-refractivity contribution in [1.82, 2.24) is 4.90 Å². The smallest absolute Gasteiger partial charge is 0.241 e. The van der Waals surface area contributed by atoms with Crippen molar-refractivity contribution in [3.8, 4) is 6.07 Å². The van der Waals surface area contributed by atoms with Crippen molar-refractivity contribution in [3.63, 3.8) is 0 Å². The quantitative estimate of drug-likeness (QED) is 0.825. The molecule has 0 aromatic heterocycles. The summed E-state index contributed by atoms with van der Waals surface area (Å²) in [5.74, 6) is -0.466. The summed E-state index contributed by atoms with van der Waals surface area (Å²) in [5.41, 5.74) is 3.64. The van der Waals surface area contributed by atoms with Gasteiger partial charge < -0.3 is 10.6 Å². The molecule has 2 aromatic carbocycles. The van der Waals surface area contributed by atoms with E-state index < -0.39 is 6.04 Å². The minimum Gasteiger partial charge on any atom is -0.324 e. The molecule has 0 bridgehead atoms. The van der Waals surface area contributed by atoms with Gasteiger partial charge >= 0.3 is 0 Å². The first kappa shape index (κ1) is 20.1. The number of amides is 2. The molecule has 0 saturated heterocycles. The van der Waals surface area contributed by atoms with Crippen LogP contribution in [0.5, 0.6) is 0 Å². The molecule has 2 rings (SSSR count). The maximum absolute atomic E-state index is 12.5. The molecule has 1 unspecified atom stereocenters. The van der Waals surface area contributed by atoms with Crippen LogP contribution in [0.15, 0.2) is 42.5 Å². The molecule has 0 aliphatic rings. The number of aryl methyl sites for hydroxylation is 2. The molecule has 0 aliphatic carbocycles. The Morgan fingerprint density at radius 2 is 1.70 bits per heavy atom. The summed E-state index contributed by atoms with van der Waals surface area (Å²) in [4.78, 5) is 26.5. The molecule has 140 valence electrons. The average molecular weight is 364 g/mol. The van der Waals surface area contributed by atoms with Crippen LogP contribution in [0.3, 0.4) is 0 Å². The van der Waals surface area contributed by atoms with E-state index in [9.17, 15) is 9.59 Å². The standard InChI is InChI=1S/C21H24N4O2/c1-14-8-7-9-15(2)20(14)24-19(26)13-25(4)16(3)21(27)23-18-11-6-5-10-17(18)12-22/h5-11,16H,13H2,1-4H3,(H,23,27)(H,24,26). The maximum Gasteiger partial charge on any atom is 0.241 e. The van der Waals surface area contributed by atoms with Crippen LogP contribution in [0.1, 0.15) is 23.6 Å². The number of nitrogens with one attached hydrogen (secondary N) is 2. The molecule has 0 saturated carbocycles. The van der Waals surface area contributed by atoms with Crippen LogP contribution in [0, 0.1) is 25.2 Å². The monoisotopic (exact) mass is 364 g/mol. The number of benzene rings is 2. The zero-order chi connectivity index (χ0) is 20.0. The van der Waals surface area contributed by atoms with Gasteiger partial charge in [-0.1, -0.05) is 30.3 Å². The number of para-hydroxylation sites is 2. The van der Waals surface area contributed by atoms with E-state index in [1.54, 1.807) is 43.1 Å². The third-order valence-corrected chi connectivity index (χ3v) is 4.48. The van der Waals surface area contributed by atoms with Crippen LogP contribution in [0.2, 0.25) is 0 Å². The molecule has 2 amide bonds. The van der Waals surface area contributed by atoms with E-state index in [1.165, 1.54) is 0 Å². The van der Waals surface area contributed by atoms with Crippen LogP contribution in [-0.2, 0) is 9.59 Å². The molecular formula is C21H24N4O2. The maximum atomic E-state index is 12.5. The van der Waals surface area contributed by atoms with Crippen molar-refractivity contribution in [3.05, 3.63) is 59.2 Å². The van der Waals surface area contributed by atoms with Crippen molar-refractivity contribution in [2.24, 2.45) is 0 Å². The predicted molar refractivity (Wildman–Crippen MR) is 106 cm³/mol. The van der Waals surface area contributed by atoms with E-state index in [-0.39, 0.29) is 18.4 Å². The summed E-state index contributed by atoms with van der Waals surface area (Å²) in [6.07, 6.45) is 0. The van der Waals surface area contributed by atoms with Gasteiger partial charge in [0.05, 0.1) is 23.8 Å². The second-order valence-corrected chi connectivity index (χ2v) is 6.55. The highest BCUT2D eigenvalue weighted by Crippen LogP contribution is 2.19. The number of nitrogens with zero attached hydrogens (tertiary/aromatic N) is 2. The Morgan fingerprint density at radius 3 is 2.33 bits per heavy atom. The Morgan fingerprint density at radius 1 is 1.07 bits per heavy atom. The van der Waals surface area contributed by atoms with E-state index in [0.717, 1.165) is 16.8 Å². The fourth-order valence-electron chi connectivity index (χ4n) is 2.68. The molecule has 1 atom stereocenters. The molecule has 0 spiro atoms. The lowest BCUT2D eigenvalue weighted by atomic mass is 10.1. The minimum absolute atomic E-state index is 0.0717. The molecule has 27 heavy (non-hydrogen) atoms. The number of hydrogen-bond acceptors (Lipinski definition) is 4. The van der Waals surface area contributed by atoms with E-state index in [0.29, 0.717) is 11.3 Å². The number of carbonyl (C=O) groups is 2. The first-order valence-corrected chi connectivity index (χ1v) is 8.69. The number of nitriles is 1. The molecule has 0 fully saturated rings. The third kappa shape index (κ3) is 5.16. The van der Waals surface area contributed by atoms with Gasteiger partial charge in [0.2, 0.25) is 11.8 Å². The molecule has 6 heteroatoms. The minimum atomic E-state index is -0.541. The topological polar surface area (TPSA) is 85.2 Å². The number of anilines is 2. The van der Waals surface area contributed by atoms with Gasteiger partial charge in [-0.2, -0.15) is 5.26 Å². The van der Waals surface area contributed by atoms with Gasteiger partial charge in [0, 0.05) is 5.69 Å². The summed E-state index contributed by atoms with van der Waals surface area (Å²) >= 11 is 0. The lowest BCUT2D eigenvalue weighted by Crippen LogP contribution is -2.43. The second kappa shape index (κ2) is 8.97. The highest BCUT2D eigenvalue weighted by atomic mass is 16.2. The Labute approximate surface area is 159 Å². The summed E-state index contributed by atoms with van der Waals surface area (Å²) < 4.78 is 0. The Hall–Kier alpha value is -3.17. The predicted octanol–water partition coefficient (Wildman–Crippen LogP) is 3.07. The molecule has 6 nitrogen and oxygen atoms in total. The zero-order valence-corrected chi connectivity index (χ0v) is 16.0. The van der Waals surface area contributed by atoms with Gasteiger partial charge in [-0.25, -0.2) is 0 Å². The van der Waals surface area contributed by atoms with E-state index in [1.807, 2.05) is 38.1 Å². The van der Waals surface area contributed by atoms with Crippen molar-refractivity contribution in [2.75, 3.05) is 24.2 Å². The normalized spacial score (nSPS) is 11.6. The van der Waals surface area contributed by atoms with E-state index in [2.05, 4.69) is 10.6 Å². The van der Waals surface area contributed by atoms with E-state index in [4.69, 9.17) is 5.26 Å². The van der Waals surface area contributed by atoms with Crippen molar-refractivity contribution in [1.29, 1.82) is 5.26 Å². The summed E-state index contributed by atoms with van der Waals surface area (Å²) in [6, 6.07) is 14.1. The molecule has 2 aromatic rings. The molecule has 0 heterocycles. The van der Waals surface area contributed by atoms with Gasteiger partial charge in [0.1, 0.15) is 6.07 Å². The van der Waals surface area contributed by atoms with Crippen LogP contribution < -0.4 is 10.6 Å². The highest BCUT2D eigenvalue weighted by Gasteiger charge is 2.21. The first-order valence-electron chi connectivity index (χ1n) is 8.69. The molecule has 2 N–H and O–H groups in total. The zero-order valence-electron chi connectivity index (χ0n) is 16.0. The average Bonchev–Trinajstić information content (AvgIpc) is 2.64. The SMILES string of the molecule is Cc1cccc(C)c1NC(=O)CN(C)C(C)C(=O)Nc1ccccc1C#N. The Kier molecular flexibility index (Phi) is 6.69. The fourth-order valence-corrected chi connectivity index (χ4v) is 2.68. The lowest BCUT2D eigenvalue weighted by molar-refractivity contribution is -0.122. The molecule has 0 aliphatic heterocycles. The number of hydrogen-bond donors (Lipinski definition) is 2. The van der Waals surface area contributed by atoms with Crippen molar-refractivity contribution >= 4 is 23.2 Å². The Bertz CT molecular complexity index is 866. The van der Waals surface area contributed by atoms with Gasteiger partial charge in [-0.15, -0.1) is 0 Å². The van der Waals surface area contributed by atoms with Crippen LogP contribution in [-0.4, -0.2) is 36.3 Å². The second-order valence-electron chi connectivity index (χ2n) is 6.55. The van der Waals surface area contributed by atoms with E-state index >= 15 is 0 Å². The summed E-state index contributed by atoms with van der Waals surface area (Å²) in [6.45, 7) is 5.67. The largest absolute Gasteiger partial charge is 0.324 e. The summed E-state index contributed by atoms with van der Waals surface area (Å²) in [7, 11) is 1.71. The fraction of sp³-hybridized carbons (Fsp3) is 0.286. The van der Waals surface area contributed by atoms with Gasteiger partial charge in [-0.3, -0.25) is 14.5 Å². The molecular weight excluding hydrogens is 340 g/mol. The van der Waals surface area contributed by atoms with Gasteiger partial charge in [0.25, 0.3) is 0 Å². The van der Waals surface area contributed by atoms with Crippen LogP contribution >= 0.6 is 0 Å². The van der Waals surface area contributed by atoms with Crippen LogP contribution in [0.25, 0.3) is 0 Å². The Balaban J connectivity index is 1.98.